The number of methoxy groups -OCH3 is 1. The monoisotopic (exact) mass is 461 g/mol. The van der Waals surface area contributed by atoms with Crippen LogP contribution in [-0.4, -0.2) is 28.3 Å². The number of rotatable bonds is 7. The van der Waals surface area contributed by atoms with Gasteiger partial charge in [0, 0.05) is 16.4 Å². The second kappa shape index (κ2) is 8.83. The minimum atomic E-state index is -0.242. The summed E-state index contributed by atoms with van der Waals surface area (Å²) in [5.74, 6) is 0.373. The highest BCUT2D eigenvalue weighted by atomic mass is 35.5. The van der Waals surface area contributed by atoms with Crippen LogP contribution in [0.1, 0.15) is 16.9 Å². The van der Waals surface area contributed by atoms with E-state index in [-0.39, 0.29) is 17.2 Å². The smallest absolute Gasteiger partial charge is 0.263 e. The molecule has 4 rings (SSSR count). The van der Waals surface area contributed by atoms with Crippen molar-refractivity contribution in [1.29, 1.82) is 0 Å². The number of amides is 1. The molecule has 1 aromatic carbocycles. The molecule has 0 fully saturated rings. The average Bonchev–Trinajstić information content (AvgIpc) is 3.30. The summed E-state index contributed by atoms with van der Waals surface area (Å²) < 4.78 is 6.86. The second-order valence-electron chi connectivity index (χ2n) is 6.82. The van der Waals surface area contributed by atoms with Gasteiger partial charge in [-0.2, -0.15) is 0 Å². The molecule has 1 amide bonds. The molecule has 0 bridgehead atoms. The van der Waals surface area contributed by atoms with Gasteiger partial charge in [-0.3, -0.25) is 14.2 Å². The maximum absolute atomic E-state index is 13.2. The van der Waals surface area contributed by atoms with Crippen molar-refractivity contribution >= 4 is 56.5 Å². The lowest BCUT2D eigenvalue weighted by Crippen LogP contribution is -2.24. The zero-order chi connectivity index (χ0) is 21.3. The molecule has 156 valence electrons. The van der Waals surface area contributed by atoms with E-state index in [0.717, 1.165) is 35.0 Å². The molecule has 30 heavy (non-hydrogen) atoms. The molecule has 0 atom stereocenters. The number of benzene rings is 1. The lowest BCUT2D eigenvalue weighted by atomic mass is 10.2. The fourth-order valence-corrected chi connectivity index (χ4v) is 5.84. The molecule has 2 aromatic heterocycles. The number of hydrogen-bond acceptors (Lipinski definition) is 6. The number of halogens is 1. The molecule has 1 aliphatic carbocycles. The first-order chi connectivity index (χ1) is 14.5. The number of thioether (sulfide) groups is 1. The number of thiophene rings is 1. The summed E-state index contributed by atoms with van der Waals surface area (Å²) >= 11 is 8.84. The standard InChI is InChI=1S/C21H20ClN3O3S2/c1-3-9-25-20(27)18-13-5-4-6-16(13)30-19(18)24-21(25)29-11-17(26)23-14-10-12(22)7-8-15(14)28-2/h3,7-8,10H,1,4-6,9,11H2,2H3,(H,23,26). The highest BCUT2D eigenvalue weighted by molar-refractivity contribution is 7.99. The predicted molar refractivity (Wildman–Crippen MR) is 123 cm³/mol. The minimum absolute atomic E-state index is 0.0567. The Morgan fingerprint density at radius 2 is 2.30 bits per heavy atom. The summed E-state index contributed by atoms with van der Waals surface area (Å²) in [6.45, 7) is 4.10. The van der Waals surface area contributed by atoms with Crippen LogP contribution >= 0.6 is 34.7 Å². The van der Waals surface area contributed by atoms with Crippen LogP contribution in [0.3, 0.4) is 0 Å². The van der Waals surface area contributed by atoms with Crippen molar-refractivity contribution < 1.29 is 9.53 Å². The van der Waals surface area contributed by atoms with Crippen molar-refractivity contribution in [2.24, 2.45) is 0 Å². The molecule has 6 nitrogen and oxygen atoms in total. The Hall–Kier alpha value is -2.29. The van der Waals surface area contributed by atoms with Crippen LogP contribution in [0.4, 0.5) is 5.69 Å². The molecule has 0 saturated carbocycles. The highest BCUT2D eigenvalue weighted by Crippen LogP contribution is 2.35. The first-order valence-electron chi connectivity index (χ1n) is 9.44. The number of anilines is 1. The van der Waals surface area contributed by atoms with E-state index in [9.17, 15) is 9.59 Å². The summed E-state index contributed by atoms with van der Waals surface area (Å²) in [6, 6.07) is 5.02. The summed E-state index contributed by atoms with van der Waals surface area (Å²) in [5, 5.41) is 4.54. The number of carbonyl (C=O) groups excluding carboxylic acids is 1. The van der Waals surface area contributed by atoms with Gasteiger partial charge in [0.2, 0.25) is 5.91 Å². The number of aryl methyl sites for hydroxylation is 2. The van der Waals surface area contributed by atoms with Crippen LogP contribution in [0.25, 0.3) is 10.2 Å². The first-order valence-corrected chi connectivity index (χ1v) is 11.6. The number of aromatic nitrogens is 2. The van der Waals surface area contributed by atoms with E-state index < -0.39 is 0 Å². The van der Waals surface area contributed by atoms with E-state index >= 15 is 0 Å². The number of carbonyl (C=O) groups is 1. The summed E-state index contributed by atoms with van der Waals surface area (Å²) in [5.41, 5.74) is 1.59. The molecule has 9 heteroatoms. The molecule has 2 heterocycles. The van der Waals surface area contributed by atoms with Gasteiger partial charge in [0.05, 0.1) is 23.9 Å². The van der Waals surface area contributed by atoms with Crippen LogP contribution in [0.5, 0.6) is 5.75 Å². The van der Waals surface area contributed by atoms with E-state index in [0.29, 0.717) is 28.2 Å². The van der Waals surface area contributed by atoms with E-state index in [2.05, 4.69) is 11.9 Å². The Labute approximate surface area is 186 Å². The van der Waals surface area contributed by atoms with Gasteiger partial charge in [0.15, 0.2) is 5.16 Å². The quantitative estimate of drug-likeness (QED) is 0.318. The molecule has 0 unspecified atom stereocenters. The van der Waals surface area contributed by atoms with Gasteiger partial charge in [-0.15, -0.1) is 17.9 Å². The number of nitrogens with one attached hydrogen (secondary N) is 1. The van der Waals surface area contributed by atoms with E-state index in [1.165, 1.54) is 23.7 Å². The van der Waals surface area contributed by atoms with E-state index in [1.807, 2.05) is 0 Å². The van der Waals surface area contributed by atoms with Crippen molar-refractivity contribution in [3.8, 4) is 5.75 Å². The minimum Gasteiger partial charge on any atom is -0.495 e. The average molecular weight is 462 g/mol. The molecular weight excluding hydrogens is 442 g/mol. The fraction of sp³-hybridized carbons (Fsp3) is 0.286. The fourth-order valence-electron chi connectivity index (χ4n) is 3.55. The van der Waals surface area contributed by atoms with Crippen LogP contribution in [0, 0.1) is 0 Å². The highest BCUT2D eigenvalue weighted by Gasteiger charge is 2.23. The van der Waals surface area contributed by atoms with Crippen molar-refractivity contribution in [2.45, 2.75) is 31.0 Å². The van der Waals surface area contributed by atoms with Crippen LogP contribution in [0.2, 0.25) is 5.02 Å². The van der Waals surface area contributed by atoms with Gasteiger partial charge in [0.25, 0.3) is 5.56 Å². The van der Waals surface area contributed by atoms with Crippen LogP contribution in [-0.2, 0) is 24.2 Å². The number of fused-ring (bicyclic) bond motifs is 3. The number of ether oxygens (including phenoxy) is 1. The van der Waals surface area contributed by atoms with Gasteiger partial charge in [-0.1, -0.05) is 29.4 Å². The van der Waals surface area contributed by atoms with E-state index in [1.54, 1.807) is 40.2 Å². The lowest BCUT2D eigenvalue weighted by molar-refractivity contribution is -0.113. The summed E-state index contributed by atoms with van der Waals surface area (Å²) in [6.07, 6.45) is 4.68. The van der Waals surface area contributed by atoms with E-state index in [4.69, 9.17) is 21.3 Å². The molecule has 0 radical (unpaired) electrons. The maximum Gasteiger partial charge on any atom is 0.263 e. The van der Waals surface area contributed by atoms with Gasteiger partial charge in [-0.25, -0.2) is 4.98 Å². The number of nitrogens with zero attached hydrogens (tertiary/aromatic N) is 2. The van der Waals surface area contributed by atoms with Crippen molar-refractivity contribution in [1.82, 2.24) is 9.55 Å². The molecule has 0 saturated heterocycles. The van der Waals surface area contributed by atoms with Gasteiger partial charge >= 0.3 is 0 Å². The summed E-state index contributed by atoms with van der Waals surface area (Å²) in [7, 11) is 1.53. The van der Waals surface area contributed by atoms with Crippen LogP contribution in [0.15, 0.2) is 40.8 Å². The Morgan fingerprint density at radius 3 is 3.07 bits per heavy atom. The third-order valence-electron chi connectivity index (χ3n) is 4.87. The molecule has 0 aliphatic heterocycles. The molecule has 3 aromatic rings. The third kappa shape index (κ3) is 3.99. The Bertz CT molecular complexity index is 1200. The zero-order valence-corrected chi connectivity index (χ0v) is 18.8. The zero-order valence-electron chi connectivity index (χ0n) is 16.4. The van der Waals surface area contributed by atoms with Crippen molar-refractivity contribution in [3.05, 3.63) is 56.7 Å². The van der Waals surface area contributed by atoms with Crippen LogP contribution < -0.4 is 15.6 Å². The van der Waals surface area contributed by atoms with Gasteiger partial charge in [-0.05, 0) is 43.0 Å². The molecule has 1 aliphatic rings. The number of hydrogen-bond donors (Lipinski definition) is 1. The SMILES string of the molecule is C=CCn1c(SCC(=O)Nc2cc(Cl)ccc2OC)nc2sc3c(c2c1=O)CCC3. The third-order valence-corrected chi connectivity index (χ3v) is 7.27. The summed E-state index contributed by atoms with van der Waals surface area (Å²) in [4.78, 5) is 32.4. The largest absolute Gasteiger partial charge is 0.495 e. The second-order valence-corrected chi connectivity index (χ2v) is 9.28. The normalized spacial score (nSPS) is 12.7. The maximum atomic E-state index is 13.2. The molecular formula is C21H20ClN3O3S2. The number of allylic oxidation sites excluding steroid dienone is 1. The van der Waals surface area contributed by atoms with Crippen molar-refractivity contribution in [3.63, 3.8) is 0 Å². The predicted octanol–water partition coefficient (Wildman–Crippen LogP) is 4.53. The first kappa shape index (κ1) is 21.0. The Morgan fingerprint density at radius 1 is 1.47 bits per heavy atom. The molecule has 0 spiro atoms. The van der Waals surface area contributed by atoms with Gasteiger partial charge in [0.1, 0.15) is 10.6 Å². The Balaban J connectivity index is 1.58. The van der Waals surface area contributed by atoms with Gasteiger partial charge < -0.3 is 10.1 Å². The topological polar surface area (TPSA) is 73.2 Å². The molecule has 1 N–H and O–H groups in total. The Kier molecular flexibility index (Phi) is 6.17. The lowest BCUT2D eigenvalue weighted by Gasteiger charge is -2.12. The van der Waals surface area contributed by atoms with Crippen molar-refractivity contribution in [2.75, 3.05) is 18.2 Å².